The molecule has 0 bridgehead atoms. The van der Waals surface area contributed by atoms with Gasteiger partial charge in [-0.05, 0) is 51.7 Å². The van der Waals surface area contributed by atoms with Gasteiger partial charge in [0.2, 0.25) is 11.9 Å². The average molecular weight is 388 g/mol. The third-order valence-electron chi connectivity index (χ3n) is 4.90. The highest BCUT2D eigenvalue weighted by molar-refractivity contribution is 7.99. The number of rotatable bonds is 7. The fourth-order valence-corrected chi connectivity index (χ4v) is 3.88. The van der Waals surface area contributed by atoms with Crippen molar-refractivity contribution in [2.24, 2.45) is 0 Å². The number of benzene rings is 1. The van der Waals surface area contributed by atoms with Crippen molar-refractivity contribution >= 4 is 23.6 Å². The molecule has 1 atom stereocenters. The zero-order chi connectivity index (χ0) is 19.2. The first-order valence-corrected chi connectivity index (χ1v) is 10.8. The summed E-state index contributed by atoms with van der Waals surface area (Å²) in [5, 5.41) is 12.7. The number of carbonyl (C=O) groups is 1. The van der Waals surface area contributed by atoms with E-state index in [1.165, 1.54) is 36.6 Å². The average Bonchev–Trinajstić information content (AvgIpc) is 3.11. The molecule has 146 valence electrons. The largest absolute Gasteiger partial charge is 0.353 e. The van der Waals surface area contributed by atoms with Crippen LogP contribution in [0.4, 0.5) is 5.95 Å². The van der Waals surface area contributed by atoms with Crippen LogP contribution in [0.2, 0.25) is 0 Å². The lowest BCUT2D eigenvalue weighted by Gasteiger charge is -2.27. The number of hydrogen-bond donors (Lipinski definition) is 1. The minimum absolute atomic E-state index is 0.0346. The summed E-state index contributed by atoms with van der Waals surface area (Å²) in [5.74, 6) is 1.25. The van der Waals surface area contributed by atoms with Gasteiger partial charge in [0, 0.05) is 19.1 Å². The summed E-state index contributed by atoms with van der Waals surface area (Å²) in [4.78, 5) is 14.5. The van der Waals surface area contributed by atoms with Gasteiger partial charge in [-0.3, -0.25) is 9.36 Å². The van der Waals surface area contributed by atoms with Crippen molar-refractivity contribution in [1.82, 2.24) is 20.1 Å². The molecule has 1 saturated heterocycles. The van der Waals surface area contributed by atoms with Gasteiger partial charge >= 0.3 is 0 Å². The Bertz CT molecular complexity index is 752. The van der Waals surface area contributed by atoms with Gasteiger partial charge in [-0.1, -0.05) is 36.4 Å². The van der Waals surface area contributed by atoms with Crippen LogP contribution in [0, 0.1) is 6.92 Å². The molecule has 1 amide bonds. The number of aromatic nitrogens is 3. The lowest BCUT2D eigenvalue weighted by Crippen LogP contribution is -2.33. The number of aryl methyl sites for hydroxylation is 1. The molecule has 0 spiro atoms. The van der Waals surface area contributed by atoms with E-state index in [9.17, 15) is 4.79 Å². The van der Waals surface area contributed by atoms with Crippen molar-refractivity contribution in [2.75, 3.05) is 23.7 Å². The highest BCUT2D eigenvalue weighted by Crippen LogP contribution is 2.28. The molecular formula is C20H29N5OS. The Balaban J connectivity index is 1.83. The minimum atomic E-state index is 0.0346. The fraction of sp³-hybridized carbons (Fsp3) is 0.550. The predicted molar refractivity (Wildman–Crippen MR) is 111 cm³/mol. The Morgan fingerprint density at radius 2 is 1.89 bits per heavy atom. The van der Waals surface area contributed by atoms with Crippen LogP contribution in [0.1, 0.15) is 45.1 Å². The predicted octanol–water partition coefficient (Wildman–Crippen LogP) is 3.57. The maximum Gasteiger partial charge on any atom is 0.232 e. The minimum Gasteiger partial charge on any atom is -0.353 e. The van der Waals surface area contributed by atoms with Gasteiger partial charge < -0.3 is 10.2 Å². The normalized spacial score (nSPS) is 15.6. The van der Waals surface area contributed by atoms with E-state index in [-0.39, 0.29) is 11.9 Å². The number of piperidine rings is 1. The molecule has 1 aromatic carbocycles. The third kappa shape index (κ3) is 5.03. The molecule has 1 aromatic heterocycles. The van der Waals surface area contributed by atoms with Gasteiger partial charge in [0.1, 0.15) is 0 Å². The summed E-state index contributed by atoms with van der Waals surface area (Å²) >= 11 is 1.44. The van der Waals surface area contributed by atoms with Gasteiger partial charge in [-0.2, -0.15) is 0 Å². The van der Waals surface area contributed by atoms with Crippen molar-refractivity contribution in [3.05, 3.63) is 29.8 Å². The number of hydrogen-bond acceptors (Lipinski definition) is 5. The van der Waals surface area contributed by atoms with Crippen molar-refractivity contribution in [3.63, 3.8) is 0 Å². The molecule has 2 aromatic rings. The molecule has 6 nitrogen and oxygen atoms in total. The molecule has 0 radical (unpaired) electrons. The van der Waals surface area contributed by atoms with E-state index in [2.05, 4.69) is 63.1 Å². The zero-order valence-corrected chi connectivity index (χ0v) is 17.3. The third-order valence-corrected chi connectivity index (χ3v) is 5.83. The number of nitrogens with zero attached hydrogens (tertiary/aromatic N) is 4. The van der Waals surface area contributed by atoms with E-state index in [0.717, 1.165) is 36.3 Å². The Morgan fingerprint density at radius 3 is 2.56 bits per heavy atom. The van der Waals surface area contributed by atoms with Crippen LogP contribution in [0.15, 0.2) is 29.4 Å². The van der Waals surface area contributed by atoms with Gasteiger partial charge in [-0.25, -0.2) is 0 Å². The Kier molecular flexibility index (Phi) is 6.77. The first-order valence-electron chi connectivity index (χ1n) is 9.78. The van der Waals surface area contributed by atoms with Crippen molar-refractivity contribution in [3.8, 4) is 5.69 Å². The summed E-state index contributed by atoms with van der Waals surface area (Å²) in [6.07, 6.45) is 4.56. The molecule has 7 heteroatoms. The van der Waals surface area contributed by atoms with E-state index in [4.69, 9.17) is 0 Å². The highest BCUT2D eigenvalue weighted by Gasteiger charge is 2.22. The standard InChI is InChI=1S/C20H29N5OS/c1-4-16(3)21-18(26)14-27-20-23-22-19(24-12-6-5-7-13-24)25(20)17-10-8-15(2)9-11-17/h8-11,16H,4-7,12-14H2,1-3H3,(H,21,26). The summed E-state index contributed by atoms with van der Waals surface area (Å²) < 4.78 is 2.09. The second-order valence-electron chi connectivity index (χ2n) is 7.17. The van der Waals surface area contributed by atoms with Crippen LogP contribution < -0.4 is 10.2 Å². The summed E-state index contributed by atoms with van der Waals surface area (Å²) in [5.41, 5.74) is 2.25. The fourth-order valence-electron chi connectivity index (χ4n) is 3.12. The second-order valence-corrected chi connectivity index (χ2v) is 8.11. The molecule has 1 aliphatic heterocycles. The topological polar surface area (TPSA) is 63.1 Å². The summed E-state index contributed by atoms with van der Waals surface area (Å²) in [6, 6.07) is 8.57. The SMILES string of the molecule is CCC(C)NC(=O)CSc1nnc(N2CCCCC2)n1-c1ccc(C)cc1. The first kappa shape index (κ1) is 19.7. The Labute approximate surface area is 165 Å². The molecule has 2 heterocycles. The van der Waals surface area contributed by atoms with Gasteiger partial charge in [-0.15, -0.1) is 10.2 Å². The number of carbonyl (C=O) groups excluding carboxylic acids is 1. The maximum absolute atomic E-state index is 12.2. The molecule has 1 N–H and O–H groups in total. The molecule has 0 saturated carbocycles. The first-order chi connectivity index (χ1) is 13.1. The maximum atomic E-state index is 12.2. The quantitative estimate of drug-likeness (QED) is 0.736. The van der Waals surface area contributed by atoms with Gasteiger partial charge in [0.25, 0.3) is 0 Å². The van der Waals surface area contributed by atoms with Gasteiger partial charge in [0.15, 0.2) is 5.16 Å². The Hall–Kier alpha value is -2.02. The van der Waals surface area contributed by atoms with Crippen LogP contribution in [-0.4, -0.2) is 45.6 Å². The van der Waals surface area contributed by atoms with Gasteiger partial charge in [0.05, 0.1) is 11.4 Å². The van der Waals surface area contributed by atoms with Crippen molar-refractivity contribution in [2.45, 2.75) is 57.7 Å². The summed E-state index contributed by atoms with van der Waals surface area (Å²) in [6.45, 7) is 8.17. The van der Waals surface area contributed by atoms with E-state index < -0.39 is 0 Å². The van der Waals surface area contributed by atoms with Crippen LogP contribution in [0.3, 0.4) is 0 Å². The Morgan fingerprint density at radius 1 is 1.19 bits per heavy atom. The van der Waals surface area contributed by atoms with Crippen LogP contribution in [-0.2, 0) is 4.79 Å². The number of amides is 1. The van der Waals surface area contributed by atoms with E-state index in [1.54, 1.807) is 0 Å². The number of thioether (sulfide) groups is 1. The molecule has 1 fully saturated rings. The van der Waals surface area contributed by atoms with E-state index in [0.29, 0.717) is 5.75 Å². The van der Waals surface area contributed by atoms with Crippen LogP contribution in [0.25, 0.3) is 5.69 Å². The van der Waals surface area contributed by atoms with Crippen molar-refractivity contribution in [1.29, 1.82) is 0 Å². The van der Waals surface area contributed by atoms with Crippen molar-refractivity contribution < 1.29 is 4.79 Å². The van der Waals surface area contributed by atoms with E-state index in [1.807, 2.05) is 6.92 Å². The monoisotopic (exact) mass is 387 g/mol. The lowest BCUT2D eigenvalue weighted by molar-refractivity contribution is -0.119. The molecule has 27 heavy (non-hydrogen) atoms. The highest BCUT2D eigenvalue weighted by atomic mass is 32.2. The summed E-state index contributed by atoms with van der Waals surface area (Å²) in [7, 11) is 0. The van der Waals surface area contributed by atoms with Crippen LogP contribution in [0.5, 0.6) is 0 Å². The lowest BCUT2D eigenvalue weighted by atomic mass is 10.1. The molecule has 1 unspecified atom stereocenters. The van der Waals surface area contributed by atoms with E-state index >= 15 is 0 Å². The zero-order valence-electron chi connectivity index (χ0n) is 16.4. The van der Waals surface area contributed by atoms with Crippen LogP contribution >= 0.6 is 11.8 Å². The number of anilines is 1. The molecular weight excluding hydrogens is 358 g/mol. The molecule has 1 aliphatic rings. The molecule has 0 aliphatic carbocycles. The molecule has 3 rings (SSSR count). The smallest absolute Gasteiger partial charge is 0.232 e. The second kappa shape index (κ2) is 9.26. The number of nitrogens with one attached hydrogen (secondary N) is 1.